The monoisotopic (exact) mass is 301 g/mol. The lowest BCUT2D eigenvalue weighted by molar-refractivity contribution is 0.0600. The molecule has 1 aromatic rings. The fraction of sp³-hybridized carbons (Fsp3) is 0.462. The van der Waals surface area contributed by atoms with Gasteiger partial charge in [-0.25, -0.2) is 13.2 Å². The lowest BCUT2D eigenvalue weighted by Crippen LogP contribution is -2.34. The summed E-state index contributed by atoms with van der Waals surface area (Å²) in [4.78, 5) is 11.3. The van der Waals surface area contributed by atoms with Gasteiger partial charge in [-0.15, -0.1) is 0 Å². The third-order valence-corrected chi connectivity index (χ3v) is 4.75. The molecule has 0 saturated carbocycles. The van der Waals surface area contributed by atoms with Gasteiger partial charge in [0.25, 0.3) is 0 Å². The molecule has 20 heavy (non-hydrogen) atoms. The molecule has 0 aromatic heterocycles. The molecule has 1 aromatic carbocycles. The second-order valence-corrected chi connectivity index (χ2v) is 6.13. The van der Waals surface area contributed by atoms with Gasteiger partial charge in [0.1, 0.15) is 0 Å². The highest BCUT2D eigenvalue weighted by atomic mass is 32.2. The molecule has 0 amide bonds. The van der Waals surface area contributed by atoms with E-state index in [2.05, 4.69) is 4.74 Å². The van der Waals surface area contributed by atoms with Crippen LogP contribution in [-0.4, -0.2) is 50.6 Å². The first-order chi connectivity index (χ1) is 9.44. The van der Waals surface area contributed by atoms with E-state index in [0.29, 0.717) is 17.7 Å². The van der Waals surface area contributed by atoms with Crippen LogP contribution < -0.4 is 0 Å². The Morgan fingerprint density at radius 3 is 2.35 bits per heavy atom. The molecule has 0 heterocycles. The second-order valence-electron chi connectivity index (χ2n) is 4.16. The molecular formula is C13H19NO5S. The van der Waals surface area contributed by atoms with Crippen molar-refractivity contribution < 1.29 is 23.1 Å². The van der Waals surface area contributed by atoms with Crippen LogP contribution in [0.15, 0.2) is 24.3 Å². The molecule has 6 nitrogen and oxygen atoms in total. The normalized spacial score (nSPS) is 11.6. The van der Waals surface area contributed by atoms with Gasteiger partial charge < -0.3 is 9.84 Å². The summed E-state index contributed by atoms with van der Waals surface area (Å²) in [6.45, 7) is 1.89. The lowest BCUT2D eigenvalue weighted by atomic mass is 10.1. The average Bonchev–Trinajstić information content (AvgIpc) is 2.44. The van der Waals surface area contributed by atoms with E-state index < -0.39 is 16.0 Å². The van der Waals surface area contributed by atoms with Crippen LogP contribution in [0.3, 0.4) is 0 Å². The number of methoxy groups -OCH3 is 1. The molecule has 0 bridgehead atoms. The Hall–Kier alpha value is -1.44. The van der Waals surface area contributed by atoms with Crippen molar-refractivity contribution in [2.45, 2.75) is 12.7 Å². The van der Waals surface area contributed by atoms with Crippen LogP contribution in [0.4, 0.5) is 0 Å². The minimum atomic E-state index is -3.47. The predicted molar refractivity (Wildman–Crippen MR) is 74.7 cm³/mol. The van der Waals surface area contributed by atoms with E-state index in [-0.39, 0.29) is 18.9 Å². The number of nitrogens with zero attached hydrogens (tertiary/aromatic N) is 1. The summed E-state index contributed by atoms with van der Waals surface area (Å²) < 4.78 is 30.0. The quantitative estimate of drug-likeness (QED) is 0.746. The molecule has 112 valence electrons. The lowest BCUT2D eigenvalue weighted by Gasteiger charge is -2.19. The first-order valence-corrected chi connectivity index (χ1v) is 7.81. The van der Waals surface area contributed by atoms with Crippen LogP contribution in [0.25, 0.3) is 0 Å². The number of likely N-dealkylation sites (N-methyl/N-ethyl adjacent to an activating group) is 1. The van der Waals surface area contributed by atoms with E-state index in [4.69, 9.17) is 5.11 Å². The Morgan fingerprint density at radius 1 is 1.30 bits per heavy atom. The van der Waals surface area contributed by atoms with Crippen molar-refractivity contribution in [2.75, 3.05) is 26.8 Å². The molecule has 0 aliphatic rings. The molecule has 0 unspecified atom stereocenters. The minimum absolute atomic E-state index is 0.0824. The van der Waals surface area contributed by atoms with Gasteiger partial charge in [0.2, 0.25) is 10.0 Å². The summed E-state index contributed by atoms with van der Waals surface area (Å²) in [7, 11) is -2.18. The number of aliphatic hydroxyl groups is 1. The zero-order valence-electron chi connectivity index (χ0n) is 11.6. The van der Waals surface area contributed by atoms with Crippen molar-refractivity contribution in [3.63, 3.8) is 0 Å². The Balaban J connectivity index is 2.84. The van der Waals surface area contributed by atoms with Gasteiger partial charge in [-0.2, -0.15) is 4.31 Å². The van der Waals surface area contributed by atoms with Crippen LogP contribution in [0.5, 0.6) is 0 Å². The number of hydrogen-bond acceptors (Lipinski definition) is 5. The number of esters is 1. The van der Waals surface area contributed by atoms with Gasteiger partial charge in [0.05, 0.1) is 25.0 Å². The second kappa shape index (κ2) is 7.37. The smallest absolute Gasteiger partial charge is 0.337 e. The highest BCUT2D eigenvalue weighted by Gasteiger charge is 2.20. The van der Waals surface area contributed by atoms with Crippen molar-refractivity contribution in [1.82, 2.24) is 4.31 Å². The van der Waals surface area contributed by atoms with E-state index in [9.17, 15) is 13.2 Å². The van der Waals surface area contributed by atoms with E-state index in [0.717, 1.165) is 0 Å². The standard InChI is InChI=1S/C13H19NO5S/c1-3-14(8-9-15)20(17,18)10-11-4-6-12(7-5-11)13(16)19-2/h4-7,15H,3,8-10H2,1-2H3. The van der Waals surface area contributed by atoms with Crippen molar-refractivity contribution in [1.29, 1.82) is 0 Å². The Bertz CT molecular complexity index is 538. The predicted octanol–water partition coefficient (Wildman–Crippen LogP) is 0.617. The molecule has 7 heteroatoms. The number of carbonyl (C=O) groups is 1. The molecule has 0 fully saturated rings. The number of aliphatic hydroxyl groups excluding tert-OH is 1. The maximum absolute atomic E-state index is 12.1. The first kappa shape index (κ1) is 16.6. The van der Waals surface area contributed by atoms with Crippen LogP contribution in [0.2, 0.25) is 0 Å². The summed E-state index contributed by atoms with van der Waals surface area (Å²) in [5, 5.41) is 8.86. The summed E-state index contributed by atoms with van der Waals surface area (Å²) in [5.74, 6) is -0.627. The minimum Gasteiger partial charge on any atom is -0.465 e. The zero-order chi connectivity index (χ0) is 15.2. The summed E-state index contributed by atoms with van der Waals surface area (Å²) in [5.41, 5.74) is 0.949. The third kappa shape index (κ3) is 4.29. The van der Waals surface area contributed by atoms with E-state index in [1.165, 1.54) is 23.5 Å². The number of sulfonamides is 1. The number of rotatable bonds is 7. The van der Waals surface area contributed by atoms with Gasteiger partial charge >= 0.3 is 5.97 Å². The fourth-order valence-electron chi connectivity index (χ4n) is 1.76. The number of benzene rings is 1. The molecule has 1 rings (SSSR count). The van der Waals surface area contributed by atoms with Gasteiger partial charge in [-0.3, -0.25) is 0 Å². The highest BCUT2D eigenvalue weighted by molar-refractivity contribution is 7.88. The van der Waals surface area contributed by atoms with Crippen molar-refractivity contribution in [2.24, 2.45) is 0 Å². The van der Waals surface area contributed by atoms with Gasteiger partial charge in [0, 0.05) is 13.1 Å². The van der Waals surface area contributed by atoms with Crippen molar-refractivity contribution in [3.8, 4) is 0 Å². The van der Waals surface area contributed by atoms with E-state index in [1.54, 1.807) is 19.1 Å². The van der Waals surface area contributed by atoms with Gasteiger partial charge in [0.15, 0.2) is 0 Å². The first-order valence-electron chi connectivity index (χ1n) is 6.20. The summed E-state index contributed by atoms with van der Waals surface area (Å²) in [6.07, 6.45) is 0. The molecule has 1 N–H and O–H groups in total. The van der Waals surface area contributed by atoms with Gasteiger partial charge in [-0.05, 0) is 17.7 Å². The molecule has 0 aliphatic carbocycles. The third-order valence-electron chi connectivity index (χ3n) is 2.82. The largest absolute Gasteiger partial charge is 0.465 e. The van der Waals surface area contributed by atoms with Crippen LogP contribution in [-0.2, 0) is 20.5 Å². The Kier molecular flexibility index (Phi) is 6.12. The van der Waals surface area contributed by atoms with Crippen molar-refractivity contribution in [3.05, 3.63) is 35.4 Å². The fourth-order valence-corrected chi connectivity index (χ4v) is 3.31. The van der Waals surface area contributed by atoms with E-state index >= 15 is 0 Å². The maximum Gasteiger partial charge on any atom is 0.337 e. The molecule has 0 saturated heterocycles. The SMILES string of the molecule is CCN(CCO)S(=O)(=O)Cc1ccc(C(=O)OC)cc1. The Labute approximate surface area is 119 Å². The summed E-state index contributed by atoms with van der Waals surface area (Å²) in [6, 6.07) is 6.21. The number of ether oxygens (including phenoxy) is 1. The molecular weight excluding hydrogens is 282 g/mol. The maximum atomic E-state index is 12.1. The van der Waals surface area contributed by atoms with Crippen LogP contribution in [0, 0.1) is 0 Å². The molecule has 0 aliphatic heterocycles. The summed E-state index contributed by atoms with van der Waals surface area (Å²) >= 11 is 0. The number of hydrogen-bond donors (Lipinski definition) is 1. The van der Waals surface area contributed by atoms with Gasteiger partial charge in [-0.1, -0.05) is 19.1 Å². The average molecular weight is 301 g/mol. The number of carbonyl (C=O) groups excluding carboxylic acids is 1. The molecule has 0 radical (unpaired) electrons. The zero-order valence-corrected chi connectivity index (χ0v) is 12.4. The Morgan fingerprint density at radius 2 is 1.90 bits per heavy atom. The van der Waals surface area contributed by atoms with Crippen molar-refractivity contribution >= 4 is 16.0 Å². The topological polar surface area (TPSA) is 83.9 Å². The molecule has 0 spiro atoms. The van der Waals surface area contributed by atoms with E-state index in [1.807, 2.05) is 0 Å². The van der Waals surface area contributed by atoms with Crippen LogP contribution >= 0.6 is 0 Å². The van der Waals surface area contributed by atoms with Crippen LogP contribution in [0.1, 0.15) is 22.8 Å². The highest BCUT2D eigenvalue weighted by Crippen LogP contribution is 2.12. The molecule has 0 atom stereocenters.